The first-order chi connectivity index (χ1) is 13.6. The predicted molar refractivity (Wildman–Crippen MR) is 106 cm³/mol. The normalized spacial score (nSPS) is 10.5. The van der Waals surface area contributed by atoms with Crippen LogP contribution < -0.4 is 14.8 Å². The lowest BCUT2D eigenvalue weighted by Gasteiger charge is -2.12. The maximum atomic E-state index is 12.6. The van der Waals surface area contributed by atoms with Gasteiger partial charge in [-0.15, -0.1) is 0 Å². The van der Waals surface area contributed by atoms with Crippen LogP contribution in [-0.4, -0.2) is 24.2 Å². The lowest BCUT2D eigenvalue weighted by Crippen LogP contribution is -2.28. The number of hydrogen-bond donors (Lipinski definition) is 1. The van der Waals surface area contributed by atoms with E-state index in [1.54, 1.807) is 12.1 Å². The van der Waals surface area contributed by atoms with Gasteiger partial charge in [-0.3, -0.25) is 4.79 Å². The molecule has 0 spiro atoms. The van der Waals surface area contributed by atoms with E-state index < -0.39 is 0 Å². The van der Waals surface area contributed by atoms with Gasteiger partial charge in [-0.2, -0.15) is 0 Å². The van der Waals surface area contributed by atoms with Crippen molar-refractivity contribution in [3.8, 4) is 11.5 Å². The Morgan fingerprint density at radius 1 is 1.00 bits per heavy atom. The van der Waals surface area contributed by atoms with Gasteiger partial charge in [-0.05, 0) is 44.5 Å². The molecule has 6 heteroatoms. The van der Waals surface area contributed by atoms with Gasteiger partial charge in [0.15, 0.2) is 0 Å². The van der Waals surface area contributed by atoms with E-state index in [0.29, 0.717) is 36.8 Å². The number of nitrogens with one attached hydrogen (secondary N) is 1. The van der Waals surface area contributed by atoms with Crippen LogP contribution in [0, 0.1) is 20.8 Å². The highest BCUT2D eigenvalue weighted by atomic mass is 16.5. The molecule has 1 heterocycles. The lowest BCUT2D eigenvalue weighted by molar-refractivity contribution is 0.0942. The van der Waals surface area contributed by atoms with E-state index in [-0.39, 0.29) is 5.91 Å². The number of ether oxygens (including phenoxy) is 2. The second kappa shape index (κ2) is 9.08. The fraction of sp³-hybridized carbons (Fsp3) is 0.273. The monoisotopic (exact) mass is 380 g/mol. The van der Waals surface area contributed by atoms with Gasteiger partial charge in [-0.25, -0.2) is 0 Å². The minimum Gasteiger partial charge on any atom is -0.491 e. The molecule has 0 aliphatic rings. The van der Waals surface area contributed by atoms with E-state index in [4.69, 9.17) is 14.0 Å². The highest BCUT2D eigenvalue weighted by molar-refractivity contribution is 5.96. The van der Waals surface area contributed by atoms with Crippen molar-refractivity contribution in [3.05, 3.63) is 76.7 Å². The second-order valence-electron chi connectivity index (χ2n) is 6.46. The molecule has 3 rings (SSSR count). The average molecular weight is 380 g/mol. The Balaban J connectivity index is 1.56. The van der Waals surface area contributed by atoms with Gasteiger partial charge in [0.25, 0.3) is 5.91 Å². The summed E-state index contributed by atoms with van der Waals surface area (Å²) in [5.41, 5.74) is 3.21. The van der Waals surface area contributed by atoms with Gasteiger partial charge >= 0.3 is 0 Å². The number of carbonyl (C=O) groups is 1. The topological polar surface area (TPSA) is 73.6 Å². The van der Waals surface area contributed by atoms with Crippen molar-refractivity contribution in [3.63, 3.8) is 0 Å². The minimum absolute atomic E-state index is 0.206. The largest absolute Gasteiger partial charge is 0.491 e. The van der Waals surface area contributed by atoms with Crippen LogP contribution in [0.25, 0.3) is 0 Å². The maximum absolute atomic E-state index is 12.6. The van der Waals surface area contributed by atoms with Crippen LogP contribution in [0.1, 0.15) is 32.9 Å². The summed E-state index contributed by atoms with van der Waals surface area (Å²) in [5, 5.41) is 6.79. The zero-order valence-electron chi connectivity index (χ0n) is 16.3. The van der Waals surface area contributed by atoms with Crippen LogP contribution in [0.15, 0.2) is 53.1 Å². The van der Waals surface area contributed by atoms with Gasteiger partial charge < -0.3 is 19.3 Å². The number of hydrogen-bond acceptors (Lipinski definition) is 5. The second-order valence-corrected chi connectivity index (χ2v) is 6.46. The fourth-order valence-corrected chi connectivity index (χ4v) is 2.78. The standard InChI is InChI=1S/C22H24N2O4/c1-15-8-4-6-10-20(15)26-13-12-23-22(25)18-9-5-7-11-21(18)27-14-19-16(2)24-28-17(19)3/h4-11H,12-14H2,1-3H3,(H,23,25). The molecular formula is C22H24N2O4. The molecule has 0 atom stereocenters. The van der Waals surface area contributed by atoms with Crippen molar-refractivity contribution in [2.24, 2.45) is 0 Å². The molecule has 2 aromatic carbocycles. The first-order valence-electron chi connectivity index (χ1n) is 9.16. The summed E-state index contributed by atoms with van der Waals surface area (Å²) in [6, 6.07) is 14.9. The molecule has 146 valence electrons. The first-order valence-corrected chi connectivity index (χ1v) is 9.16. The van der Waals surface area contributed by atoms with Crippen LogP contribution >= 0.6 is 0 Å². The fourth-order valence-electron chi connectivity index (χ4n) is 2.78. The summed E-state index contributed by atoms with van der Waals surface area (Å²) in [5.74, 6) is 1.84. The van der Waals surface area contributed by atoms with Gasteiger partial charge in [0.05, 0.1) is 23.4 Å². The first kappa shape index (κ1) is 19.5. The van der Waals surface area contributed by atoms with E-state index in [1.807, 2.05) is 57.2 Å². The molecule has 0 aliphatic carbocycles. The molecule has 0 saturated carbocycles. The Bertz CT molecular complexity index is 930. The third-order valence-electron chi connectivity index (χ3n) is 4.42. The van der Waals surface area contributed by atoms with Crippen molar-refractivity contribution in [2.75, 3.05) is 13.2 Å². The summed E-state index contributed by atoms with van der Waals surface area (Å²) in [6.45, 7) is 6.76. The van der Waals surface area contributed by atoms with Crippen molar-refractivity contribution in [1.29, 1.82) is 0 Å². The van der Waals surface area contributed by atoms with E-state index in [1.165, 1.54) is 0 Å². The molecule has 6 nitrogen and oxygen atoms in total. The number of aryl methyl sites for hydroxylation is 3. The molecular weight excluding hydrogens is 356 g/mol. The quantitative estimate of drug-likeness (QED) is 0.598. The molecule has 1 N–H and O–H groups in total. The Morgan fingerprint density at radius 2 is 1.71 bits per heavy atom. The average Bonchev–Trinajstić information content (AvgIpc) is 3.02. The molecule has 0 saturated heterocycles. The highest BCUT2D eigenvalue weighted by Gasteiger charge is 2.14. The zero-order chi connectivity index (χ0) is 19.9. The molecule has 0 fully saturated rings. The molecule has 3 aromatic rings. The smallest absolute Gasteiger partial charge is 0.255 e. The SMILES string of the molecule is Cc1ccccc1OCCNC(=O)c1ccccc1OCc1c(C)noc1C. The Kier molecular flexibility index (Phi) is 6.32. The van der Waals surface area contributed by atoms with Crippen molar-refractivity contribution in [2.45, 2.75) is 27.4 Å². The molecule has 0 radical (unpaired) electrons. The number of aromatic nitrogens is 1. The molecule has 0 bridgehead atoms. The van der Waals surface area contributed by atoms with Crippen molar-refractivity contribution >= 4 is 5.91 Å². The summed E-state index contributed by atoms with van der Waals surface area (Å²) in [6.07, 6.45) is 0. The van der Waals surface area contributed by atoms with Gasteiger partial charge in [0.1, 0.15) is 30.5 Å². The Labute approximate surface area is 164 Å². The van der Waals surface area contributed by atoms with E-state index in [2.05, 4.69) is 10.5 Å². The van der Waals surface area contributed by atoms with Crippen molar-refractivity contribution in [1.82, 2.24) is 10.5 Å². The van der Waals surface area contributed by atoms with Gasteiger partial charge in [0, 0.05) is 0 Å². The van der Waals surface area contributed by atoms with E-state index in [0.717, 1.165) is 22.6 Å². The summed E-state index contributed by atoms with van der Waals surface area (Å²) >= 11 is 0. The zero-order valence-corrected chi connectivity index (χ0v) is 16.3. The Hall–Kier alpha value is -3.28. The van der Waals surface area contributed by atoms with Crippen LogP contribution in [0.2, 0.25) is 0 Å². The van der Waals surface area contributed by atoms with Gasteiger partial charge in [0.2, 0.25) is 0 Å². The molecule has 0 unspecified atom stereocenters. The molecule has 28 heavy (non-hydrogen) atoms. The molecule has 1 aromatic heterocycles. The maximum Gasteiger partial charge on any atom is 0.255 e. The Morgan fingerprint density at radius 3 is 2.43 bits per heavy atom. The van der Waals surface area contributed by atoms with Crippen LogP contribution in [-0.2, 0) is 6.61 Å². The number of benzene rings is 2. The van der Waals surface area contributed by atoms with Crippen molar-refractivity contribution < 1.29 is 18.8 Å². The summed E-state index contributed by atoms with van der Waals surface area (Å²) in [7, 11) is 0. The number of amides is 1. The van der Waals surface area contributed by atoms with E-state index >= 15 is 0 Å². The predicted octanol–water partition coefficient (Wildman–Crippen LogP) is 3.99. The van der Waals surface area contributed by atoms with E-state index in [9.17, 15) is 4.79 Å². The number of rotatable bonds is 8. The van der Waals surface area contributed by atoms with Crippen LogP contribution in [0.4, 0.5) is 0 Å². The lowest BCUT2D eigenvalue weighted by atomic mass is 10.2. The summed E-state index contributed by atoms with van der Waals surface area (Å²) < 4.78 is 16.7. The molecule has 1 amide bonds. The molecule has 0 aliphatic heterocycles. The number of para-hydroxylation sites is 2. The minimum atomic E-state index is -0.206. The van der Waals surface area contributed by atoms with Gasteiger partial charge in [-0.1, -0.05) is 35.5 Å². The van der Waals surface area contributed by atoms with Crippen LogP contribution in [0.5, 0.6) is 11.5 Å². The third kappa shape index (κ3) is 4.71. The van der Waals surface area contributed by atoms with Crippen LogP contribution in [0.3, 0.4) is 0 Å². The summed E-state index contributed by atoms with van der Waals surface area (Å²) in [4.78, 5) is 12.6. The highest BCUT2D eigenvalue weighted by Crippen LogP contribution is 2.21. The number of nitrogens with zero attached hydrogens (tertiary/aromatic N) is 1. The number of carbonyl (C=O) groups excluding carboxylic acids is 1. The third-order valence-corrected chi connectivity index (χ3v) is 4.42.